The molecule has 43 heavy (non-hydrogen) atoms. The minimum atomic E-state index is -1.32. The van der Waals surface area contributed by atoms with Crippen molar-refractivity contribution in [3.63, 3.8) is 0 Å². The second-order valence-electron chi connectivity index (χ2n) is 10.3. The highest BCUT2D eigenvalue weighted by molar-refractivity contribution is 6.19. The number of fused-ring (bicyclic) bond motifs is 1. The topological polar surface area (TPSA) is 106 Å². The first kappa shape index (κ1) is 27.7. The van der Waals surface area contributed by atoms with Crippen LogP contribution in [0.4, 0.5) is 4.79 Å². The van der Waals surface area contributed by atoms with Crippen molar-refractivity contribution in [2.75, 3.05) is 0 Å². The van der Waals surface area contributed by atoms with E-state index in [4.69, 9.17) is 4.74 Å². The molecule has 9 heteroatoms. The lowest BCUT2D eigenvalue weighted by Crippen LogP contribution is -2.57. The van der Waals surface area contributed by atoms with Crippen molar-refractivity contribution in [3.8, 4) is 0 Å². The molecule has 0 saturated carbocycles. The van der Waals surface area contributed by atoms with Crippen LogP contribution in [0.2, 0.25) is 0 Å². The van der Waals surface area contributed by atoms with Crippen molar-refractivity contribution in [2.24, 2.45) is 0 Å². The van der Waals surface area contributed by atoms with Gasteiger partial charge in [0.1, 0.15) is 12.3 Å². The molecule has 0 fully saturated rings. The molecule has 5 aromatic rings. The number of ketones is 2. The van der Waals surface area contributed by atoms with E-state index in [2.05, 4.69) is 15.5 Å². The maximum atomic E-state index is 14.2. The number of hydrazine groups is 1. The fourth-order valence-electron chi connectivity index (χ4n) is 5.24. The van der Waals surface area contributed by atoms with Gasteiger partial charge in [-0.3, -0.25) is 24.7 Å². The number of ether oxygens (including phenoxy) is 1. The SMILES string of the molecule is O=C(NN1Cc2cccnc2C(=O)C1C(=O)c1cc(Cc2ccccc2)cc(Cn2cccn2)c1)OCc1ccccc1. The van der Waals surface area contributed by atoms with Gasteiger partial charge in [-0.2, -0.15) is 10.1 Å². The van der Waals surface area contributed by atoms with E-state index in [1.165, 1.54) is 11.2 Å². The zero-order valence-electron chi connectivity index (χ0n) is 23.3. The summed E-state index contributed by atoms with van der Waals surface area (Å²) in [6.07, 6.45) is 4.92. The number of benzene rings is 3. The second-order valence-corrected chi connectivity index (χ2v) is 10.3. The number of hydrogen-bond donors (Lipinski definition) is 1. The number of amides is 1. The smallest absolute Gasteiger partial charge is 0.422 e. The standard InChI is InChI=1S/C34H29N5O4/c40-32(29-19-26(17-24-9-3-1-4-10-24)18-27(20-29)21-38-16-8-15-36-38)31-33(41)30-28(13-7-14-35-30)22-39(31)37-34(42)43-23-25-11-5-2-6-12-25/h1-16,18-20,31H,17,21-23H2,(H,37,42). The third-order valence-corrected chi connectivity index (χ3v) is 7.21. The third-order valence-electron chi connectivity index (χ3n) is 7.21. The number of nitrogens with one attached hydrogen (secondary N) is 1. The van der Waals surface area contributed by atoms with Crippen LogP contribution < -0.4 is 5.43 Å². The molecule has 6 rings (SSSR count). The van der Waals surface area contributed by atoms with Crippen LogP contribution in [0.5, 0.6) is 0 Å². The molecule has 9 nitrogen and oxygen atoms in total. The van der Waals surface area contributed by atoms with Crippen molar-refractivity contribution in [1.29, 1.82) is 0 Å². The monoisotopic (exact) mass is 571 g/mol. The summed E-state index contributed by atoms with van der Waals surface area (Å²) in [5.41, 5.74) is 7.53. The lowest BCUT2D eigenvalue weighted by molar-refractivity contribution is 0.0481. The molecular formula is C34H29N5O4. The van der Waals surface area contributed by atoms with Crippen LogP contribution in [0.1, 0.15) is 48.7 Å². The number of carbonyl (C=O) groups is 3. The summed E-state index contributed by atoms with van der Waals surface area (Å²) >= 11 is 0. The quantitative estimate of drug-likeness (QED) is 0.196. The molecule has 3 aromatic carbocycles. The molecule has 214 valence electrons. The lowest BCUT2D eigenvalue weighted by Gasteiger charge is -2.33. The minimum Gasteiger partial charge on any atom is -0.444 e. The van der Waals surface area contributed by atoms with Gasteiger partial charge in [0, 0.05) is 30.7 Å². The average Bonchev–Trinajstić information content (AvgIpc) is 3.54. The molecule has 1 aliphatic heterocycles. The molecule has 0 radical (unpaired) electrons. The summed E-state index contributed by atoms with van der Waals surface area (Å²) in [6, 6.07) is 28.9. The van der Waals surface area contributed by atoms with Gasteiger partial charge in [-0.1, -0.05) is 72.8 Å². The number of hydrogen-bond acceptors (Lipinski definition) is 7. The summed E-state index contributed by atoms with van der Waals surface area (Å²) in [5, 5.41) is 5.66. The predicted octanol–water partition coefficient (Wildman–Crippen LogP) is 5.01. The largest absolute Gasteiger partial charge is 0.444 e. The number of carbonyl (C=O) groups excluding carboxylic acids is 3. The zero-order chi connectivity index (χ0) is 29.6. The minimum absolute atomic E-state index is 0.0452. The predicted molar refractivity (Wildman–Crippen MR) is 159 cm³/mol. The van der Waals surface area contributed by atoms with E-state index in [1.54, 1.807) is 29.1 Å². The van der Waals surface area contributed by atoms with Crippen LogP contribution in [0.25, 0.3) is 0 Å². The van der Waals surface area contributed by atoms with E-state index in [1.807, 2.05) is 85.1 Å². The van der Waals surface area contributed by atoms with E-state index < -0.39 is 23.7 Å². The van der Waals surface area contributed by atoms with E-state index in [0.29, 0.717) is 24.1 Å². The van der Waals surface area contributed by atoms with Crippen molar-refractivity contribution in [1.82, 2.24) is 25.2 Å². The first-order valence-electron chi connectivity index (χ1n) is 13.9. The van der Waals surface area contributed by atoms with Gasteiger partial charge in [-0.15, -0.1) is 0 Å². The average molecular weight is 572 g/mol. The van der Waals surface area contributed by atoms with Crippen molar-refractivity contribution in [2.45, 2.75) is 32.2 Å². The third kappa shape index (κ3) is 6.58. The Kier molecular flexibility index (Phi) is 8.15. The Morgan fingerprint density at radius 3 is 2.33 bits per heavy atom. The fraction of sp³-hybridized carbons (Fsp3) is 0.147. The van der Waals surface area contributed by atoms with Gasteiger partial charge in [0.2, 0.25) is 5.78 Å². The summed E-state index contributed by atoms with van der Waals surface area (Å²) in [7, 11) is 0. The second kappa shape index (κ2) is 12.6. The van der Waals surface area contributed by atoms with Crippen LogP contribution in [0, 0.1) is 0 Å². The Hall–Kier alpha value is -5.41. The number of nitrogens with zero attached hydrogens (tertiary/aromatic N) is 4. The Morgan fingerprint density at radius 2 is 1.58 bits per heavy atom. The first-order valence-corrected chi connectivity index (χ1v) is 13.9. The van der Waals surface area contributed by atoms with Gasteiger partial charge < -0.3 is 4.74 Å². The Labute approximate surface area is 248 Å². The highest BCUT2D eigenvalue weighted by atomic mass is 16.6. The summed E-state index contributed by atoms with van der Waals surface area (Å²) in [6.45, 7) is 0.603. The highest BCUT2D eigenvalue weighted by Gasteiger charge is 2.41. The van der Waals surface area contributed by atoms with Gasteiger partial charge in [0.05, 0.1) is 6.54 Å². The molecule has 1 atom stereocenters. The molecule has 0 saturated heterocycles. The van der Waals surface area contributed by atoms with E-state index in [0.717, 1.165) is 22.3 Å². The Balaban J connectivity index is 1.31. The van der Waals surface area contributed by atoms with Crippen LogP contribution in [-0.2, 0) is 30.9 Å². The van der Waals surface area contributed by atoms with Crippen LogP contribution in [0.15, 0.2) is 116 Å². The molecular weight excluding hydrogens is 542 g/mol. The van der Waals surface area contributed by atoms with E-state index >= 15 is 0 Å². The van der Waals surface area contributed by atoms with Gasteiger partial charge >= 0.3 is 6.09 Å². The van der Waals surface area contributed by atoms with Crippen LogP contribution in [-0.4, -0.2) is 43.5 Å². The van der Waals surface area contributed by atoms with Gasteiger partial charge in [-0.05, 0) is 58.5 Å². The van der Waals surface area contributed by atoms with Crippen molar-refractivity contribution in [3.05, 3.63) is 155 Å². The van der Waals surface area contributed by atoms with Gasteiger partial charge in [0.25, 0.3) is 0 Å². The molecule has 1 unspecified atom stereocenters. The molecule has 0 spiro atoms. The molecule has 1 N–H and O–H groups in total. The Bertz CT molecular complexity index is 1740. The van der Waals surface area contributed by atoms with Crippen molar-refractivity contribution >= 4 is 17.7 Å². The van der Waals surface area contributed by atoms with E-state index in [-0.39, 0.29) is 18.8 Å². The number of pyridine rings is 1. The fourth-order valence-corrected chi connectivity index (χ4v) is 5.24. The summed E-state index contributed by atoms with van der Waals surface area (Å²) < 4.78 is 7.19. The van der Waals surface area contributed by atoms with Crippen molar-refractivity contribution < 1.29 is 19.1 Å². The molecule has 1 aliphatic rings. The summed E-state index contributed by atoms with van der Waals surface area (Å²) in [5.74, 6) is -0.932. The van der Waals surface area contributed by atoms with Gasteiger partial charge in [-0.25, -0.2) is 4.79 Å². The molecule has 0 aliphatic carbocycles. The summed E-state index contributed by atoms with van der Waals surface area (Å²) in [4.78, 5) is 45.2. The number of Topliss-reactive ketones (excluding diaryl/α,β-unsaturated/α-hetero) is 2. The maximum Gasteiger partial charge on any atom is 0.422 e. The molecule has 1 amide bonds. The number of rotatable bonds is 9. The normalized spacial score (nSPS) is 14.6. The molecule has 3 heterocycles. The first-order chi connectivity index (χ1) is 21.0. The highest BCUT2D eigenvalue weighted by Crippen LogP contribution is 2.25. The lowest BCUT2D eigenvalue weighted by atomic mass is 9.90. The molecule has 0 bridgehead atoms. The van der Waals surface area contributed by atoms with E-state index in [9.17, 15) is 14.4 Å². The van der Waals surface area contributed by atoms with Gasteiger partial charge in [0.15, 0.2) is 11.8 Å². The number of aromatic nitrogens is 3. The Morgan fingerprint density at radius 1 is 0.837 bits per heavy atom. The molecule has 2 aromatic heterocycles. The maximum absolute atomic E-state index is 14.2. The van der Waals surface area contributed by atoms with Crippen LogP contribution >= 0.6 is 0 Å². The van der Waals surface area contributed by atoms with Crippen LogP contribution in [0.3, 0.4) is 0 Å². The zero-order valence-corrected chi connectivity index (χ0v) is 23.3.